The number of halogens is 2. The van der Waals surface area contributed by atoms with Gasteiger partial charge in [0.25, 0.3) is 5.91 Å². The highest BCUT2D eigenvalue weighted by Crippen LogP contribution is 2.33. The van der Waals surface area contributed by atoms with Crippen LogP contribution in [0.5, 0.6) is 0 Å². The Kier molecular flexibility index (Phi) is 4.96. The zero-order valence-corrected chi connectivity index (χ0v) is 15.3. The van der Waals surface area contributed by atoms with Crippen LogP contribution in [0.15, 0.2) is 48.5 Å². The quantitative estimate of drug-likeness (QED) is 0.813. The minimum Gasteiger partial charge on any atom is -0.368 e. The molecular formula is C22H23F2NO2. The predicted octanol–water partition coefficient (Wildman–Crippen LogP) is 4.01. The van der Waals surface area contributed by atoms with Gasteiger partial charge < -0.3 is 9.64 Å². The van der Waals surface area contributed by atoms with Gasteiger partial charge in [0, 0.05) is 23.9 Å². The molecule has 5 heteroatoms. The van der Waals surface area contributed by atoms with Crippen LogP contribution in [0.2, 0.25) is 0 Å². The van der Waals surface area contributed by atoms with Crippen molar-refractivity contribution < 1.29 is 18.3 Å². The van der Waals surface area contributed by atoms with Gasteiger partial charge in [0.1, 0.15) is 18.1 Å². The molecule has 0 aliphatic carbocycles. The maximum absolute atomic E-state index is 15.2. The molecule has 2 saturated heterocycles. The van der Waals surface area contributed by atoms with Crippen molar-refractivity contribution in [3.63, 3.8) is 0 Å². The monoisotopic (exact) mass is 371 g/mol. The highest BCUT2D eigenvalue weighted by atomic mass is 19.1. The number of hydrogen-bond donors (Lipinski definition) is 0. The Morgan fingerprint density at radius 1 is 1.19 bits per heavy atom. The number of benzene rings is 2. The Labute approximate surface area is 157 Å². The minimum atomic E-state index is -1.10. The number of hydrogen-bond acceptors (Lipinski definition) is 2. The van der Waals surface area contributed by atoms with E-state index < -0.39 is 12.3 Å². The summed E-state index contributed by atoms with van der Waals surface area (Å²) in [6, 6.07) is 14.3. The zero-order valence-electron chi connectivity index (χ0n) is 15.3. The lowest BCUT2D eigenvalue weighted by Crippen LogP contribution is -2.49. The van der Waals surface area contributed by atoms with Crippen molar-refractivity contribution in [3.05, 3.63) is 59.9 Å². The summed E-state index contributed by atoms with van der Waals surface area (Å²) in [5, 5.41) is 0. The molecule has 1 unspecified atom stereocenters. The standard InChI is InChI=1S/C22H23F2NO2/c1-14-18(23)13-25(22(26)20-10-11-27-20)19(14)12-16-8-5-9-17(21(16)24)15-6-3-2-4-7-15/h2-9,14,18-20H,10-13H2,1H3/t14-,18-,19-,20?/m0/s1. The lowest BCUT2D eigenvalue weighted by atomic mass is 9.92. The smallest absolute Gasteiger partial charge is 0.252 e. The summed E-state index contributed by atoms with van der Waals surface area (Å²) in [6.45, 7) is 2.42. The molecule has 2 aliphatic heterocycles. The molecule has 4 atom stereocenters. The van der Waals surface area contributed by atoms with Crippen LogP contribution in [0.3, 0.4) is 0 Å². The van der Waals surface area contributed by atoms with E-state index in [4.69, 9.17) is 4.74 Å². The van der Waals surface area contributed by atoms with E-state index in [-0.39, 0.29) is 30.2 Å². The predicted molar refractivity (Wildman–Crippen MR) is 99.5 cm³/mol. The van der Waals surface area contributed by atoms with Crippen LogP contribution in [0.1, 0.15) is 18.9 Å². The van der Waals surface area contributed by atoms with Crippen molar-refractivity contribution in [2.24, 2.45) is 5.92 Å². The molecule has 2 aromatic rings. The van der Waals surface area contributed by atoms with Crippen LogP contribution >= 0.6 is 0 Å². The Bertz CT molecular complexity index is 822. The number of carbonyl (C=O) groups is 1. The lowest BCUT2D eigenvalue weighted by Gasteiger charge is -2.33. The molecule has 0 saturated carbocycles. The van der Waals surface area contributed by atoms with Crippen LogP contribution in [0.4, 0.5) is 8.78 Å². The van der Waals surface area contributed by atoms with Gasteiger partial charge in [-0.25, -0.2) is 8.78 Å². The van der Waals surface area contributed by atoms with Crippen LogP contribution < -0.4 is 0 Å². The first kappa shape index (κ1) is 18.1. The summed E-state index contributed by atoms with van der Waals surface area (Å²) in [5.41, 5.74) is 1.83. The molecule has 0 bridgehead atoms. The molecule has 0 radical (unpaired) electrons. The first-order valence-corrected chi connectivity index (χ1v) is 9.45. The van der Waals surface area contributed by atoms with Crippen molar-refractivity contribution in [2.45, 2.75) is 38.1 Å². The van der Waals surface area contributed by atoms with Crippen molar-refractivity contribution >= 4 is 5.91 Å². The van der Waals surface area contributed by atoms with Crippen LogP contribution in [0.25, 0.3) is 11.1 Å². The van der Waals surface area contributed by atoms with Crippen molar-refractivity contribution in [3.8, 4) is 11.1 Å². The van der Waals surface area contributed by atoms with Crippen molar-refractivity contribution in [1.82, 2.24) is 4.90 Å². The Morgan fingerprint density at radius 3 is 2.59 bits per heavy atom. The second-order valence-electron chi connectivity index (χ2n) is 7.43. The average Bonchev–Trinajstić information content (AvgIpc) is 2.91. The number of rotatable bonds is 4. The largest absolute Gasteiger partial charge is 0.368 e. The molecule has 2 aliphatic rings. The van der Waals surface area contributed by atoms with E-state index in [1.807, 2.05) is 36.4 Å². The molecule has 0 N–H and O–H groups in total. The first-order chi connectivity index (χ1) is 13.1. The Hall–Kier alpha value is -2.27. The fraction of sp³-hybridized carbons (Fsp3) is 0.409. The van der Waals surface area contributed by atoms with Gasteiger partial charge >= 0.3 is 0 Å². The number of alkyl halides is 1. The Morgan fingerprint density at radius 2 is 1.93 bits per heavy atom. The molecule has 0 aromatic heterocycles. The minimum absolute atomic E-state index is 0.0600. The third-order valence-corrected chi connectivity index (χ3v) is 5.80. The van der Waals surface area contributed by atoms with Gasteiger partial charge in [-0.2, -0.15) is 0 Å². The van der Waals surface area contributed by atoms with Gasteiger partial charge in [-0.15, -0.1) is 0 Å². The molecule has 2 fully saturated rings. The van der Waals surface area contributed by atoms with Crippen LogP contribution in [0, 0.1) is 11.7 Å². The first-order valence-electron chi connectivity index (χ1n) is 9.45. The summed E-state index contributed by atoms with van der Waals surface area (Å²) in [5.74, 6) is -0.808. The van der Waals surface area contributed by atoms with E-state index in [1.165, 1.54) is 0 Å². The molecule has 27 heavy (non-hydrogen) atoms. The fourth-order valence-corrected chi connectivity index (χ4v) is 3.98. The van der Waals surface area contributed by atoms with E-state index >= 15 is 4.39 Å². The fourth-order valence-electron chi connectivity index (χ4n) is 3.98. The van der Waals surface area contributed by atoms with E-state index in [1.54, 1.807) is 24.0 Å². The van der Waals surface area contributed by atoms with Gasteiger partial charge in [0.05, 0.1) is 13.2 Å². The number of ether oxygens (including phenoxy) is 1. The van der Waals surface area contributed by atoms with E-state index in [2.05, 4.69) is 0 Å². The highest BCUT2D eigenvalue weighted by molar-refractivity contribution is 5.82. The van der Waals surface area contributed by atoms with E-state index in [9.17, 15) is 9.18 Å². The second-order valence-corrected chi connectivity index (χ2v) is 7.43. The van der Waals surface area contributed by atoms with E-state index in [0.717, 1.165) is 5.56 Å². The normalized spacial score (nSPS) is 27.4. The van der Waals surface area contributed by atoms with Gasteiger partial charge in [-0.05, 0) is 17.5 Å². The molecule has 3 nitrogen and oxygen atoms in total. The Balaban J connectivity index is 1.61. The molecule has 1 amide bonds. The number of amides is 1. The summed E-state index contributed by atoms with van der Waals surface area (Å²) in [4.78, 5) is 14.2. The summed E-state index contributed by atoms with van der Waals surface area (Å²) in [6.07, 6.45) is -0.595. The molecule has 2 heterocycles. The maximum atomic E-state index is 15.2. The summed E-state index contributed by atoms with van der Waals surface area (Å²) in [7, 11) is 0. The highest BCUT2D eigenvalue weighted by Gasteiger charge is 2.45. The molecule has 2 aromatic carbocycles. The molecular weight excluding hydrogens is 348 g/mol. The lowest BCUT2D eigenvalue weighted by molar-refractivity contribution is -0.157. The van der Waals surface area contributed by atoms with Crippen LogP contribution in [-0.2, 0) is 16.0 Å². The second kappa shape index (κ2) is 7.39. The van der Waals surface area contributed by atoms with Gasteiger partial charge in [0.15, 0.2) is 0 Å². The SMILES string of the molecule is C[C@H]1[C@@H](F)CN(C(=O)C2CCO2)[C@H]1Cc1cccc(-c2ccccc2)c1F. The van der Waals surface area contributed by atoms with Gasteiger partial charge in [-0.3, -0.25) is 4.79 Å². The average molecular weight is 371 g/mol. The maximum Gasteiger partial charge on any atom is 0.252 e. The van der Waals surface area contributed by atoms with Gasteiger partial charge in [-0.1, -0.05) is 55.5 Å². The molecule has 142 valence electrons. The van der Waals surface area contributed by atoms with Crippen LogP contribution in [-0.4, -0.2) is 42.3 Å². The summed E-state index contributed by atoms with van der Waals surface area (Å²) < 4.78 is 34.8. The van der Waals surface area contributed by atoms with Gasteiger partial charge in [0.2, 0.25) is 0 Å². The summed E-state index contributed by atoms with van der Waals surface area (Å²) >= 11 is 0. The number of likely N-dealkylation sites (tertiary alicyclic amines) is 1. The van der Waals surface area contributed by atoms with E-state index in [0.29, 0.717) is 30.6 Å². The molecule has 4 rings (SSSR count). The third kappa shape index (κ3) is 3.36. The van der Waals surface area contributed by atoms with Crippen molar-refractivity contribution in [2.75, 3.05) is 13.2 Å². The topological polar surface area (TPSA) is 29.5 Å². The number of carbonyl (C=O) groups excluding carboxylic acids is 1. The zero-order chi connectivity index (χ0) is 19.0. The molecule has 0 spiro atoms. The van der Waals surface area contributed by atoms with Crippen molar-refractivity contribution in [1.29, 1.82) is 0 Å². The number of nitrogens with zero attached hydrogens (tertiary/aromatic N) is 1. The third-order valence-electron chi connectivity index (χ3n) is 5.80.